The zero-order valence-corrected chi connectivity index (χ0v) is 9.87. The summed E-state index contributed by atoms with van der Waals surface area (Å²) in [6.45, 7) is 3.94. The Morgan fingerprint density at radius 2 is 2.29 bits per heavy atom. The van der Waals surface area contributed by atoms with Crippen LogP contribution >= 0.6 is 0 Å². The third-order valence-corrected chi connectivity index (χ3v) is 3.02. The molecule has 1 aromatic heterocycles. The van der Waals surface area contributed by atoms with Gasteiger partial charge in [0.15, 0.2) is 0 Å². The van der Waals surface area contributed by atoms with Crippen LogP contribution < -0.4 is 5.73 Å². The molecule has 0 radical (unpaired) electrons. The number of hydrogen-bond donors (Lipinski definition) is 1. The number of nitrogens with zero attached hydrogens (tertiary/aromatic N) is 2. The Hall–Kier alpha value is -1.46. The second-order valence-corrected chi connectivity index (χ2v) is 4.25. The lowest BCUT2D eigenvalue weighted by molar-refractivity contribution is -0.136. The second-order valence-electron chi connectivity index (χ2n) is 4.25. The highest BCUT2D eigenvalue weighted by Gasteiger charge is 2.33. The number of carbonyl (C=O) groups excluding carboxylic acids is 1. The van der Waals surface area contributed by atoms with E-state index >= 15 is 0 Å². The van der Waals surface area contributed by atoms with E-state index in [1.54, 1.807) is 12.4 Å². The van der Waals surface area contributed by atoms with Gasteiger partial charge in [0.05, 0.1) is 12.7 Å². The summed E-state index contributed by atoms with van der Waals surface area (Å²) in [5.41, 5.74) is 6.55. The highest BCUT2D eigenvalue weighted by molar-refractivity contribution is 5.80. The molecule has 1 saturated heterocycles. The van der Waals surface area contributed by atoms with Gasteiger partial charge in [-0.3, -0.25) is 14.7 Å². The number of hydrogen-bond acceptors (Lipinski definition) is 4. The molecule has 5 heteroatoms. The van der Waals surface area contributed by atoms with Crippen molar-refractivity contribution in [3.63, 3.8) is 0 Å². The Labute approximate surface area is 101 Å². The van der Waals surface area contributed by atoms with Crippen LogP contribution in [0.3, 0.4) is 0 Å². The average molecular weight is 235 g/mol. The molecule has 1 aromatic rings. The third kappa shape index (κ3) is 2.81. The summed E-state index contributed by atoms with van der Waals surface area (Å²) < 4.78 is 5.46. The number of ether oxygens (including phenoxy) is 1. The molecular formula is C12H17N3O2. The van der Waals surface area contributed by atoms with Gasteiger partial charge in [-0.25, -0.2) is 0 Å². The van der Waals surface area contributed by atoms with Crippen molar-refractivity contribution < 1.29 is 9.53 Å². The number of rotatable bonds is 3. The molecule has 5 nitrogen and oxygen atoms in total. The lowest BCUT2D eigenvalue weighted by Gasteiger charge is -2.37. The maximum atomic E-state index is 11.5. The molecule has 1 aliphatic rings. The summed E-state index contributed by atoms with van der Waals surface area (Å²) in [6.07, 6.45) is 3.35. The summed E-state index contributed by atoms with van der Waals surface area (Å²) in [5.74, 6) is -0.328. The number of amides is 1. The van der Waals surface area contributed by atoms with E-state index in [1.807, 2.05) is 19.1 Å². The maximum absolute atomic E-state index is 11.5. The number of aromatic nitrogens is 1. The van der Waals surface area contributed by atoms with E-state index in [0.717, 1.165) is 12.1 Å². The molecule has 2 rings (SSSR count). The van der Waals surface area contributed by atoms with Gasteiger partial charge in [0.2, 0.25) is 5.91 Å². The van der Waals surface area contributed by atoms with Crippen LogP contribution in [0.5, 0.6) is 0 Å². The summed E-state index contributed by atoms with van der Waals surface area (Å²) >= 11 is 0. The molecule has 2 heterocycles. The molecule has 0 aliphatic carbocycles. The second kappa shape index (κ2) is 5.25. The summed E-state index contributed by atoms with van der Waals surface area (Å²) in [5, 5.41) is 0. The summed E-state index contributed by atoms with van der Waals surface area (Å²) in [7, 11) is 0. The quantitative estimate of drug-likeness (QED) is 0.810. The minimum absolute atomic E-state index is 0.150. The van der Waals surface area contributed by atoms with Crippen molar-refractivity contribution in [1.82, 2.24) is 9.88 Å². The molecule has 0 bridgehead atoms. The fourth-order valence-corrected chi connectivity index (χ4v) is 2.19. The van der Waals surface area contributed by atoms with Crippen molar-refractivity contribution in [2.45, 2.75) is 25.6 Å². The first-order chi connectivity index (χ1) is 8.18. The molecule has 0 saturated carbocycles. The molecule has 17 heavy (non-hydrogen) atoms. The normalized spacial score (nSPS) is 25.7. The van der Waals surface area contributed by atoms with Gasteiger partial charge in [-0.15, -0.1) is 0 Å². The van der Waals surface area contributed by atoms with E-state index in [4.69, 9.17) is 10.5 Å². The fraction of sp³-hybridized carbons (Fsp3) is 0.500. The van der Waals surface area contributed by atoms with Gasteiger partial charge >= 0.3 is 0 Å². The monoisotopic (exact) mass is 235 g/mol. The van der Waals surface area contributed by atoms with Crippen molar-refractivity contribution in [2.75, 3.05) is 13.2 Å². The summed E-state index contributed by atoms with van der Waals surface area (Å²) in [6, 6.07) is 3.54. The predicted molar refractivity (Wildman–Crippen MR) is 63.0 cm³/mol. The number of primary amides is 1. The zero-order chi connectivity index (χ0) is 12.3. The Bertz CT molecular complexity index is 383. The third-order valence-electron chi connectivity index (χ3n) is 3.02. The van der Waals surface area contributed by atoms with Crippen LogP contribution in [-0.2, 0) is 16.1 Å². The van der Waals surface area contributed by atoms with Gasteiger partial charge in [-0.1, -0.05) is 0 Å². The Morgan fingerprint density at radius 1 is 1.59 bits per heavy atom. The molecule has 0 aromatic carbocycles. The van der Waals surface area contributed by atoms with Crippen molar-refractivity contribution in [1.29, 1.82) is 0 Å². The molecule has 0 spiro atoms. The minimum Gasteiger partial charge on any atom is -0.375 e. The fourth-order valence-electron chi connectivity index (χ4n) is 2.19. The molecule has 1 amide bonds. The van der Waals surface area contributed by atoms with Crippen molar-refractivity contribution in [3.05, 3.63) is 30.1 Å². The van der Waals surface area contributed by atoms with Crippen LogP contribution in [0, 0.1) is 0 Å². The minimum atomic E-state index is -0.350. The molecule has 1 aliphatic heterocycles. The van der Waals surface area contributed by atoms with Crippen molar-refractivity contribution in [2.24, 2.45) is 5.73 Å². The average Bonchev–Trinajstić information content (AvgIpc) is 2.30. The molecular weight excluding hydrogens is 218 g/mol. The maximum Gasteiger partial charge on any atom is 0.237 e. The van der Waals surface area contributed by atoms with Crippen LogP contribution in [0.15, 0.2) is 24.5 Å². The lowest BCUT2D eigenvalue weighted by Crippen LogP contribution is -2.56. The van der Waals surface area contributed by atoms with Gasteiger partial charge in [0.25, 0.3) is 0 Å². The van der Waals surface area contributed by atoms with Gasteiger partial charge in [0.1, 0.15) is 6.04 Å². The van der Waals surface area contributed by atoms with Crippen molar-refractivity contribution in [3.8, 4) is 0 Å². The van der Waals surface area contributed by atoms with E-state index in [9.17, 15) is 4.79 Å². The molecule has 2 atom stereocenters. The van der Waals surface area contributed by atoms with E-state index in [-0.39, 0.29) is 18.1 Å². The van der Waals surface area contributed by atoms with Crippen molar-refractivity contribution >= 4 is 5.91 Å². The van der Waals surface area contributed by atoms with Crippen LogP contribution in [0.2, 0.25) is 0 Å². The topological polar surface area (TPSA) is 68.4 Å². The van der Waals surface area contributed by atoms with Gasteiger partial charge in [-0.2, -0.15) is 0 Å². The van der Waals surface area contributed by atoms with Crippen LogP contribution in [0.4, 0.5) is 0 Å². The van der Waals surface area contributed by atoms with Crippen LogP contribution in [0.1, 0.15) is 12.5 Å². The molecule has 92 valence electrons. The number of carbonyl (C=O) groups is 1. The SMILES string of the molecule is C[C@H]1OCCN(Cc2ccncc2)[C@@H]1C(N)=O. The van der Waals surface area contributed by atoms with Crippen LogP contribution in [-0.4, -0.2) is 41.1 Å². The number of nitrogens with two attached hydrogens (primary N) is 1. The first-order valence-electron chi connectivity index (χ1n) is 5.72. The molecule has 1 fully saturated rings. The van der Waals surface area contributed by atoms with Gasteiger partial charge in [0, 0.05) is 25.5 Å². The number of pyridine rings is 1. The zero-order valence-electron chi connectivity index (χ0n) is 9.87. The molecule has 0 unspecified atom stereocenters. The Morgan fingerprint density at radius 3 is 2.94 bits per heavy atom. The van der Waals surface area contributed by atoms with E-state index in [2.05, 4.69) is 9.88 Å². The first kappa shape index (κ1) is 12.0. The largest absolute Gasteiger partial charge is 0.375 e. The highest BCUT2D eigenvalue weighted by atomic mass is 16.5. The van der Waals surface area contributed by atoms with E-state index < -0.39 is 0 Å². The summed E-state index contributed by atoms with van der Waals surface area (Å²) in [4.78, 5) is 17.5. The van der Waals surface area contributed by atoms with Gasteiger partial charge in [-0.05, 0) is 24.6 Å². The van der Waals surface area contributed by atoms with E-state index in [1.165, 1.54) is 0 Å². The molecule has 2 N–H and O–H groups in total. The Kier molecular flexibility index (Phi) is 3.71. The predicted octanol–water partition coefficient (Wildman–Crippen LogP) is 0.156. The highest BCUT2D eigenvalue weighted by Crippen LogP contribution is 2.16. The Balaban J connectivity index is 2.10. The first-order valence-corrected chi connectivity index (χ1v) is 5.72. The lowest BCUT2D eigenvalue weighted by atomic mass is 10.1. The van der Waals surface area contributed by atoms with Crippen LogP contribution in [0.25, 0.3) is 0 Å². The number of morpholine rings is 1. The standard InChI is InChI=1S/C12H17N3O2/c1-9-11(12(13)16)15(6-7-17-9)8-10-2-4-14-5-3-10/h2-5,9,11H,6-8H2,1H3,(H2,13,16)/t9-,11+/m1/s1. The van der Waals surface area contributed by atoms with Gasteiger partial charge < -0.3 is 10.5 Å². The smallest absolute Gasteiger partial charge is 0.237 e. The van der Waals surface area contributed by atoms with E-state index in [0.29, 0.717) is 13.2 Å².